The fourth-order valence-corrected chi connectivity index (χ4v) is 1.26. The summed E-state index contributed by atoms with van der Waals surface area (Å²) in [6.45, 7) is 2.54. The van der Waals surface area contributed by atoms with Gasteiger partial charge in [-0.2, -0.15) is 0 Å². The van der Waals surface area contributed by atoms with E-state index < -0.39 is 0 Å². The number of rotatable bonds is 5. The molecule has 86 valence electrons. The summed E-state index contributed by atoms with van der Waals surface area (Å²) in [6, 6.07) is 6.30. The molecule has 0 radical (unpaired) electrons. The van der Waals surface area contributed by atoms with Gasteiger partial charge in [0.1, 0.15) is 5.82 Å². The average Bonchev–Trinajstić information content (AvgIpc) is 2.29. The van der Waals surface area contributed by atoms with E-state index in [9.17, 15) is 9.18 Å². The first kappa shape index (κ1) is 12.4. The van der Waals surface area contributed by atoms with Gasteiger partial charge in [0.25, 0.3) is 0 Å². The number of hydrogen-bond donors (Lipinski definition) is 1. The monoisotopic (exact) mass is 221 g/mol. The minimum atomic E-state index is -0.237. The lowest BCUT2D eigenvalue weighted by Gasteiger charge is -2.02. The molecule has 0 atom stereocenters. The van der Waals surface area contributed by atoms with Gasteiger partial charge in [0, 0.05) is 6.54 Å². The molecule has 2 nitrogen and oxygen atoms in total. The van der Waals surface area contributed by atoms with E-state index in [0.717, 1.165) is 12.0 Å². The molecule has 0 aliphatic rings. The Balaban J connectivity index is 2.28. The highest BCUT2D eigenvalue weighted by Crippen LogP contribution is 2.02. The smallest absolute Gasteiger partial charge is 0.243 e. The van der Waals surface area contributed by atoms with Gasteiger partial charge in [0.15, 0.2) is 0 Å². The van der Waals surface area contributed by atoms with Crippen molar-refractivity contribution in [1.29, 1.82) is 0 Å². The third-order valence-corrected chi connectivity index (χ3v) is 2.13. The van der Waals surface area contributed by atoms with Crippen molar-refractivity contribution in [1.82, 2.24) is 5.32 Å². The average molecular weight is 221 g/mol. The van der Waals surface area contributed by atoms with Crippen LogP contribution in [0.5, 0.6) is 0 Å². The van der Waals surface area contributed by atoms with Gasteiger partial charge in [0.2, 0.25) is 5.91 Å². The van der Waals surface area contributed by atoms with Crippen LogP contribution in [0.15, 0.2) is 36.4 Å². The van der Waals surface area contributed by atoms with Crippen LogP contribution in [0.2, 0.25) is 0 Å². The number of nitrogens with one attached hydrogen (secondary N) is 1. The zero-order chi connectivity index (χ0) is 11.8. The minimum Gasteiger partial charge on any atom is -0.352 e. The van der Waals surface area contributed by atoms with Crippen LogP contribution < -0.4 is 5.32 Å². The van der Waals surface area contributed by atoms with E-state index in [1.165, 1.54) is 18.2 Å². The van der Waals surface area contributed by atoms with Gasteiger partial charge in [-0.05, 0) is 36.6 Å². The fraction of sp³-hybridized carbons (Fsp3) is 0.308. The summed E-state index contributed by atoms with van der Waals surface area (Å²) in [6.07, 6.45) is 4.91. The van der Waals surface area contributed by atoms with E-state index >= 15 is 0 Å². The van der Waals surface area contributed by atoms with Gasteiger partial charge in [-0.3, -0.25) is 4.79 Å². The third-order valence-electron chi connectivity index (χ3n) is 2.13. The maximum atomic E-state index is 12.6. The largest absolute Gasteiger partial charge is 0.352 e. The van der Waals surface area contributed by atoms with Crippen LogP contribution >= 0.6 is 0 Å². The van der Waals surface area contributed by atoms with Crippen LogP contribution in [0.3, 0.4) is 0 Å². The molecule has 0 saturated carbocycles. The van der Waals surface area contributed by atoms with E-state index in [1.807, 2.05) is 13.0 Å². The quantitative estimate of drug-likeness (QED) is 0.760. The SMILES string of the molecule is CCC=CC(=O)NCCc1ccc(F)cc1. The summed E-state index contributed by atoms with van der Waals surface area (Å²) in [5.74, 6) is -0.317. The van der Waals surface area contributed by atoms with Gasteiger partial charge in [-0.25, -0.2) is 4.39 Å². The topological polar surface area (TPSA) is 29.1 Å². The highest BCUT2D eigenvalue weighted by molar-refractivity contribution is 5.87. The Morgan fingerprint density at radius 1 is 1.38 bits per heavy atom. The van der Waals surface area contributed by atoms with E-state index in [4.69, 9.17) is 0 Å². The number of halogens is 1. The summed E-state index contributed by atoms with van der Waals surface area (Å²) < 4.78 is 12.6. The van der Waals surface area contributed by atoms with E-state index in [2.05, 4.69) is 5.32 Å². The maximum Gasteiger partial charge on any atom is 0.243 e. The van der Waals surface area contributed by atoms with Crippen molar-refractivity contribution in [3.8, 4) is 0 Å². The molecule has 0 aliphatic heterocycles. The number of carbonyl (C=O) groups excluding carboxylic acids is 1. The molecule has 0 aromatic heterocycles. The Morgan fingerprint density at radius 2 is 2.06 bits per heavy atom. The lowest BCUT2D eigenvalue weighted by atomic mass is 10.1. The molecule has 1 amide bonds. The van der Waals surface area contributed by atoms with Crippen LogP contribution in [0, 0.1) is 5.82 Å². The highest BCUT2D eigenvalue weighted by atomic mass is 19.1. The number of allylic oxidation sites excluding steroid dienone is 1. The van der Waals surface area contributed by atoms with Gasteiger partial charge >= 0.3 is 0 Å². The van der Waals surface area contributed by atoms with Crippen LogP contribution in [0.4, 0.5) is 4.39 Å². The lowest BCUT2D eigenvalue weighted by Crippen LogP contribution is -2.23. The van der Waals surface area contributed by atoms with Gasteiger partial charge in [-0.15, -0.1) is 0 Å². The lowest BCUT2D eigenvalue weighted by molar-refractivity contribution is -0.116. The second-order valence-electron chi connectivity index (χ2n) is 3.48. The van der Waals surface area contributed by atoms with Crippen LogP contribution in [0.25, 0.3) is 0 Å². The number of benzene rings is 1. The molecular weight excluding hydrogens is 205 g/mol. The van der Waals surface area contributed by atoms with Crippen molar-refractivity contribution >= 4 is 5.91 Å². The molecule has 0 saturated heterocycles. The van der Waals surface area contributed by atoms with Crippen molar-refractivity contribution in [2.24, 2.45) is 0 Å². The van der Waals surface area contributed by atoms with E-state index in [0.29, 0.717) is 13.0 Å². The molecule has 1 N–H and O–H groups in total. The molecule has 0 spiro atoms. The molecule has 0 aliphatic carbocycles. The fourth-order valence-electron chi connectivity index (χ4n) is 1.26. The van der Waals surface area contributed by atoms with Gasteiger partial charge < -0.3 is 5.32 Å². The molecule has 0 fully saturated rings. The molecule has 3 heteroatoms. The molecular formula is C13H16FNO. The second kappa shape index (κ2) is 6.77. The number of carbonyl (C=O) groups is 1. The summed E-state index contributed by atoms with van der Waals surface area (Å²) in [4.78, 5) is 11.2. The number of amides is 1. The van der Waals surface area contributed by atoms with E-state index in [1.54, 1.807) is 12.1 Å². The van der Waals surface area contributed by atoms with E-state index in [-0.39, 0.29) is 11.7 Å². The van der Waals surface area contributed by atoms with Crippen molar-refractivity contribution in [2.75, 3.05) is 6.54 Å². The normalized spacial score (nSPS) is 10.6. The summed E-state index contributed by atoms with van der Waals surface area (Å²) in [5, 5.41) is 2.76. The predicted octanol–water partition coefficient (Wildman–Crippen LogP) is 2.45. The Hall–Kier alpha value is -1.64. The maximum absolute atomic E-state index is 12.6. The molecule has 1 rings (SSSR count). The molecule has 1 aromatic carbocycles. The Labute approximate surface area is 95.2 Å². The minimum absolute atomic E-state index is 0.0797. The Kier molecular flexibility index (Phi) is 5.26. The molecule has 0 bridgehead atoms. The first-order valence-electron chi connectivity index (χ1n) is 5.41. The van der Waals surface area contributed by atoms with Gasteiger partial charge in [0.05, 0.1) is 0 Å². The van der Waals surface area contributed by atoms with Crippen LogP contribution in [-0.4, -0.2) is 12.5 Å². The summed E-state index contributed by atoms with van der Waals surface area (Å²) in [7, 11) is 0. The zero-order valence-electron chi connectivity index (χ0n) is 9.37. The third kappa shape index (κ3) is 4.73. The molecule has 0 heterocycles. The Bertz CT molecular complexity index is 357. The van der Waals surface area contributed by atoms with Crippen LogP contribution in [0.1, 0.15) is 18.9 Å². The summed E-state index contributed by atoms with van der Waals surface area (Å²) >= 11 is 0. The first-order valence-corrected chi connectivity index (χ1v) is 5.41. The molecule has 1 aromatic rings. The zero-order valence-corrected chi connectivity index (χ0v) is 9.37. The number of hydrogen-bond acceptors (Lipinski definition) is 1. The highest BCUT2D eigenvalue weighted by Gasteiger charge is 1.96. The van der Waals surface area contributed by atoms with Crippen molar-refractivity contribution in [3.63, 3.8) is 0 Å². The van der Waals surface area contributed by atoms with Gasteiger partial charge in [-0.1, -0.05) is 25.1 Å². The van der Waals surface area contributed by atoms with Crippen molar-refractivity contribution in [3.05, 3.63) is 47.8 Å². The molecule has 0 unspecified atom stereocenters. The summed E-state index contributed by atoms with van der Waals surface area (Å²) in [5.41, 5.74) is 1.01. The Morgan fingerprint density at radius 3 is 2.69 bits per heavy atom. The standard InChI is InChI=1S/C13H16FNO/c1-2-3-4-13(16)15-10-9-11-5-7-12(14)8-6-11/h3-8H,2,9-10H2,1H3,(H,15,16). The second-order valence-corrected chi connectivity index (χ2v) is 3.48. The first-order chi connectivity index (χ1) is 7.72. The van der Waals surface area contributed by atoms with Crippen LogP contribution in [-0.2, 0) is 11.2 Å². The molecule has 16 heavy (non-hydrogen) atoms. The van der Waals surface area contributed by atoms with Crippen molar-refractivity contribution < 1.29 is 9.18 Å². The van der Waals surface area contributed by atoms with Crippen molar-refractivity contribution in [2.45, 2.75) is 19.8 Å². The predicted molar refractivity (Wildman–Crippen MR) is 62.5 cm³/mol.